The highest BCUT2D eigenvalue weighted by molar-refractivity contribution is 7.99. The standard InChI is InChI=1S/C20H28N4OS/c1-4-15-8-10-16(11-9-15)19-22-20(24-23-19)26-12-18(25)21-17-7-5-6-13(2)14(17)3/h8-11,13-14,17H,4-7,12H2,1-3H3,(H,21,25)(H,22,23,24)/t13-,14-,17-/m0/s1. The first-order valence-corrected chi connectivity index (χ1v) is 10.5. The molecule has 1 heterocycles. The number of benzene rings is 1. The lowest BCUT2D eigenvalue weighted by Crippen LogP contribution is -2.44. The van der Waals surface area contributed by atoms with Gasteiger partial charge in [-0.15, -0.1) is 5.10 Å². The summed E-state index contributed by atoms with van der Waals surface area (Å²) in [6.45, 7) is 6.66. The summed E-state index contributed by atoms with van der Waals surface area (Å²) in [4.78, 5) is 16.8. The summed E-state index contributed by atoms with van der Waals surface area (Å²) >= 11 is 1.38. The van der Waals surface area contributed by atoms with Crippen molar-refractivity contribution in [3.8, 4) is 11.4 Å². The van der Waals surface area contributed by atoms with E-state index in [1.807, 2.05) is 12.1 Å². The number of rotatable bonds is 6. The van der Waals surface area contributed by atoms with Crippen LogP contribution in [0.3, 0.4) is 0 Å². The average Bonchev–Trinajstić information content (AvgIpc) is 3.13. The van der Waals surface area contributed by atoms with Gasteiger partial charge in [0.05, 0.1) is 5.75 Å². The van der Waals surface area contributed by atoms with Gasteiger partial charge in [-0.2, -0.15) is 0 Å². The molecule has 1 aliphatic rings. The molecular formula is C20H28N4OS. The van der Waals surface area contributed by atoms with Crippen LogP contribution in [0.5, 0.6) is 0 Å². The third-order valence-electron chi connectivity index (χ3n) is 5.49. The molecule has 0 radical (unpaired) electrons. The van der Waals surface area contributed by atoms with Gasteiger partial charge in [-0.05, 0) is 30.2 Å². The van der Waals surface area contributed by atoms with Gasteiger partial charge in [-0.1, -0.05) is 69.6 Å². The SMILES string of the molecule is CCc1ccc(-c2nc(SCC(=O)N[C@H]3CCC[C@H](C)[C@@H]3C)n[nH]2)cc1. The third-order valence-corrected chi connectivity index (χ3v) is 6.33. The highest BCUT2D eigenvalue weighted by atomic mass is 32.2. The number of hydrogen-bond acceptors (Lipinski definition) is 4. The number of nitrogens with zero attached hydrogens (tertiary/aromatic N) is 2. The van der Waals surface area contributed by atoms with Crippen molar-refractivity contribution >= 4 is 17.7 Å². The van der Waals surface area contributed by atoms with Crippen LogP contribution < -0.4 is 5.32 Å². The van der Waals surface area contributed by atoms with Crippen LogP contribution in [0.4, 0.5) is 0 Å². The summed E-state index contributed by atoms with van der Waals surface area (Å²) in [6, 6.07) is 8.60. The zero-order valence-corrected chi connectivity index (χ0v) is 16.6. The Labute approximate surface area is 159 Å². The summed E-state index contributed by atoms with van der Waals surface area (Å²) in [5.74, 6) is 2.38. The second kappa shape index (κ2) is 8.71. The maximum absolute atomic E-state index is 12.3. The smallest absolute Gasteiger partial charge is 0.230 e. The molecule has 1 saturated carbocycles. The van der Waals surface area contributed by atoms with E-state index in [1.165, 1.54) is 30.2 Å². The molecule has 0 saturated heterocycles. The minimum atomic E-state index is 0.0691. The molecule has 5 nitrogen and oxygen atoms in total. The van der Waals surface area contributed by atoms with Crippen LogP contribution in [0.1, 0.15) is 45.6 Å². The number of nitrogens with one attached hydrogen (secondary N) is 2. The minimum absolute atomic E-state index is 0.0691. The topological polar surface area (TPSA) is 70.7 Å². The second-order valence-electron chi connectivity index (χ2n) is 7.25. The van der Waals surface area contributed by atoms with Gasteiger partial charge in [0.1, 0.15) is 0 Å². The fourth-order valence-corrected chi connectivity index (χ4v) is 4.11. The summed E-state index contributed by atoms with van der Waals surface area (Å²) in [6.07, 6.45) is 4.57. The fourth-order valence-electron chi connectivity index (χ4n) is 3.50. The highest BCUT2D eigenvalue weighted by Crippen LogP contribution is 2.29. The summed E-state index contributed by atoms with van der Waals surface area (Å²) in [7, 11) is 0. The van der Waals surface area contributed by atoms with E-state index in [1.54, 1.807) is 0 Å². The number of hydrogen-bond donors (Lipinski definition) is 2. The first-order chi connectivity index (χ1) is 12.6. The van der Waals surface area contributed by atoms with Crippen LogP contribution in [0.15, 0.2) is 29.4 Å². The van der Waals surface area contributed by atoms with E-state index in [9.17, 15) is 4.79 Å². The Kier molecular flexibility index (Phi) is 6.35. The van der Waals surface area contributed by atoms with Crippen molar-refractivity contribution in [2.45, 2.75) is 57.7 Å². The van der Waals surface area contributed by atoms with Crippen LogP contribution in [-0.4, -0.2) is 32.9 Å². The van der Waals surface area contributed by atoms with Gasteiger partial charge in [0, 0.05) is 11.6 Å². The first-order valence-electron chi connectivity index (χ1n) is 9.50. The lowest BCUT2D eigenvalue weighted by Gasteiger charge is -2.34. The normalized spacial score (nSPS) is 23.0. The monoisotopic (exact) mass is 372 g/mol. The van der Waals surface area contributed by atoms with Gasteiger partial charge in [-0.25, -0.2) is 4.98 Å². The van der Waals surface area contributed by atoms with E-state index < -0.39 is 0 Å². The Morgan fingerprint density at radius 2 is 2.04 bits per heavy atom. The Bertz CT molecular complexity index is 728. The van der Waals surface area contributed by atoms with E-state index >= 15 is 0 Å². The summed E-state index contributed by atoms with van der Waals surface area (Å²) in [5, 5.41) is 11.0. The van der Waals surface area contributed by atoms with Crippen molar-refractivity contribution in [2.24, 2.45) is 11.8 Å². The number of aromatic nitrogens is 3. The van der Waals surface area contributed by atoms with Crippen molar-refractivity contribution in [1.82, 2.24) is 20.5 Å². The molecule has 0 bridgehead atoms. The van der Waals surface area contributed by atoms with Gasteiger partial charge in [0.25, 0.3) is 0 Å². The molecule has 6 heteroatoms. The van der Waals surface area contributed by atoms with Crippen LogP contribution in [0.25, 0.3) is 11.4 Å². The maximum atomic E-state index is 12.3. The molecule has 2 N–H and O–H groups in total. The third kappa shape index (κ3) is 4.67. The molecule has 3 rings (SSSR count). The molecule has 140 valence electrons. The zero-order chi connectivity index (χ0) is 18.5. The quantitative estimate of drug-likeness (QED) is 0.750. The number of carbonyl (C=O) groups is 1. The molecule has 2 aromatic rings. The van der Waals surface area contributed by atoms with E-state index in [-0.39, 0.29) is 5.91 Å². The number of aromatic amines is 1. The molecule has 0 spiro atoms. The predicted molar refractivity (Wildman–Crippen MR) is 106 cm³/mol. The lowest BCUT2D eigenvalue weighted by molar-refractivity contribution is -0.120. The van der Waals surface area contributed by atoms with Gasteiger partial charge in [-0.3, -0.25) is 9.89 Å². The Morgan fingerprint density at radius 1 is 1.27 bits per heavy atom. The van der Waals surface area contributed by atoms with Crippen molar-refractivity contribution < 1.29 is 4.79 Å². The summed E-state index contributed by atoms with van der Waals surface area (Å²) < 4.78 is 0. The van der Waals surface area contributed by atoms with Gasteiger partial charge in [0.15, 0.2) is 5.82 Å². The highest BCUT2D eigenvalue weighted by Gasteiger charge is 2.28. The Morgan fingerprint density at radius 3 is 2.77 bits per heavy atom. The molecule has 1 fully saturated rings. The Hall–Kier alpha value is -1.82. The first kappa shape index (κ1) is 19.0. The largest absolute Gasteiger partial charge is 0.352 e. The van der Waals surface area contributed by atoms with Gasteiger partial charge < -0.3 is 5.32 Å². The van der Waals surface area contributed by atoms with Crippen LogP contribution in [-0.2, 0) is 11.2 Å². The van der Waals surface area contributed by atoms with E-state index in [4.69, 9.17) is 0 Å². The fraction of sp³-hybridized carbons (Fsp3) is 0.550. The minimum Gasteiger partial charge on any atom is -0.352 e. The van der Waals surface area contributed by atoms with Crippen molar-refractivity contribution in [2.75, 3.05) is 5.75 Å². The number of H-pyrrole nitrogens is 1. The molecule has 0 aliphatic heterocycles. The summed E-state index contributed by atoms with van der Waals surface area (Å²) in [5.41, 5.74) is 2.31. The zero-order valence-electron chi connectivity index (χ0n) is 15.8. The predicted octanol–water partition coefficient (Wildman–Crippen LogP) is 4.07. The van der Waals surface area contributed by atoms with Crippen molar-refractivity contribution in [3.63, 3.8) is 0 Å². The molecule has 0 unspecified atom stereocenters. The molecule has 26 heavy (non-hydrogen) atoms. The Balaban J connectivity index is 1.51. The van der Waals surface area contributed by atoms with Crippen LogP contribution >= 0.6 is 11.8 Å². The number of carbonyl (C=O) groups excluding carboxylic acids is 1. The van der Waals surface area contributed by atoms with Gasteiger partial charge in [0.2, 0.25) is 11.1 Å². The average molecular weight is 373 g/mol. The van der Waals surface area contributed by atoms with Crippen molar-refractivity contribution in [1.29, 1.82) is 0 Å². The van der Waals surface area contributed by atoms with Gasteiger partial charge >= 0.3 is 0 Å². The van der Waals surface area contributed by atoms with E-state index in [0.29, 0.717) is 28.8 Å². The molecule has 1 aliphatic carbocycles. The van der Waals surface area contributed by atoms with Crippen molar-refractivity contribution in [3.05, 3.63) is 29.8 Å². The molecule has 1 aromatic heterocycles. The molecule has 3 atom stereocenters. The molecular weight excluding hydrogens is 344 g/mol. The molecule has 1 amide bonds. The van der Waals surface area contributed by atoms with E-state index in [2.05, 4.69) is 53.4 Å². The molecule has 1 aromatic carbocycles. The number of amides is 1. The van der Waals surface area contributed by atoms with Crippen LogP contribution in [0.2, 0.25) is 0 Å². The lowest BCUT2D eigenvalue weighted by atomic mass is 9.78. The number of thioether (sulfide) groups is 1. The maximum Gasteiger partial charge on any atom is 0.230 e. The second-order valence-corrected chi connectivity index (χ2v) is 8.19. The number of aryl methyl sites for hydroxylation is 1. The van der Waals surface area contributed by atoms with Crippen LogP contribution in [0, 0.1) is 11.8 Å². The van der Waals surface area contributed by atoms with E-state index in [0.717, 1.165) is 24.2 Å².